The number of aromatic amines is 1. The molecule has 1 atom stereocenters. The van der Waals surface area contributed by atoms with E-state index < -0.39 is 0 Å². The van der Waals surface area contributed by atoms with Gasteiger partial charge in [-0.2, -0.15) is 0 Å². The van der Waals surface area contributed by atoms with Crippen LogP contribution in [0.15, 0.2) is 41.5 Å². The first-order valence-corrected chi connectivity index (χ1v) is 8.60. The Morgan fingerprint density at radius 3 is 2.56 bits per heavy atom. The molecule has 1 saturated heterocycles. The number of likely N-dealkylation sites (N-methyl/N-ethyl adjacent to an activating group) is 1. The molecule has 6 heteroatoms. The monoisotopic (exact) mass is 340 g/mol. The van der Waals surface area contributed by atoms with Gasteiger partial charge in [-0.05, 0) is 37.2 Å². The zero-order valence-electron chi connectivity index (χ0n) is 14.9. The third-order valence-electron chi connectivity index (χ3n) is 4.78. The van der Waals surface area contributed by atoms with E-state index in [2.05, 4.69) is 35.8 Å². The first-order valence-electron chi connectivity index (χ1n) is 8.60. The summed E-state index contributed by atoms with van der Waals surface area (Å²) in [4.78, 5) is 36.4. The molecule has 6 nitrogen and oxygen atoms in total. The second-order valence-corrected chi connectivity index (χ2v) is 6.92. The molecule has 0 spiro atoms. The number of rotatable bonds is 3. The van der Waals surface area contributed by atoms with E-state index in [1.165, 1.54) is 0 Å². The normalized spacial score (nSPS) is 18.6. The van der Waals surface area contributed by atoms with Crippen molar-refractivity contribution < 1.29 is 4.79 Å². The zero-order chi connectivity index (χ0) is 18.0. The van der Waals surface area contributed by atoms with Crippen LogP contribution in [-0.4, -0.2) is 58.4 Å². The molecule has 3 heterocycles. The number of aromatic nitrogens is 2. The highest BCUT2D eigenvalue weighted by molar-refractivity contribution is 5.94. The van der Waals surface area contributed by atoms with Crippen molar-refractivity contribution in [3.05, 3.63) is 52.6 Å². The molecule has 1 aliphatic heterocycles. The van der Waals surface area contributed by atoms with Crippen molar-refractivity contribution in [3.8, 4) is 11.3 Å². The lowest BCUT2D eigenvalue weighted by molar-refractivity contribution is 0.0401. The molecule has 0 saturated carbocycles. The van der Waals surface area contributed by atoms with Crippen LogP contribution in [0, 0.1) is 5.92 Å². The van der Waals surface area contributed by atoms with E-state index in [1.54, 1.807) is 24.5 Å². The second-order valence-electron chi connectivity index (χ2n) is 6.92. The van der Waals surface area contributed by atoms with Gasteiger partial charge in [-0.25, -0.2) is 0 Å². The molecular weight excluding hydrogens is 316 g/mol. The maximum Gasteiger partial charge on any atom is 0.261 e. The third-order valence-corrected chi connectivity index (χ3v) is 4.78. The highest BCUT2D eigenvalue weighted by Gasteiger charge is 2.32. The maximum absolute atomic E-state index is 13.0. The lowest BCUT2D eigenvalue weighted by atomic mass is 9.98. The molecule has 25 heavy (non-hydrogen) atoms. The van der Waals surface area contributed by atoms with Gasteiger partial charge in [0.25, 0.3) is 11.5 Å². The van der Waals surface area contributed by atoms with Gasteiger partial charge in [-0.15, -0.1) is 0 Å². The predicted molar refractivity (Wildman–Crippen MR) is 97.5 cm³/mol. The van der Waals surface area contributed by atoms with Crippen molar-refractivity contribution in [3.63, 3.8) is 0 Å². The molecule has 2 aromatic rings. The van der Waals surface area contributed by atoms with E-state index in [0.717, 1.165) is 18.7 Å². The molecular formula is C19H24N4O2. The molecule has 0 bridgehead atoms. The van der Waals surface area contributed by atoms with Gasteiger partial charge in [0.1, 0.15) is 5.56 Å². The van der Waals surface area contributed by atoms with Crippen LogP contribution in [-0.2, 0) is 0 Å². The predicted octanol–water partition coefficient (Wildman–Crippen LogP) is 1.85. The van der Waals surface area contributed by atoms with Crippen LogP contribution in [0.25, 0.3) is 11.3 Å². The number of nitrogens with one attached hydrogen (secondary N) is 1. The van der Waals surface area contributed by atoms with Crippen LogP contribution in [0.3, 0.4) is 0 Å². The van der Waals surface area contributed by atoms with Crippen LogP contribution < -0.4 is 5.56 Å². The Kier molecular flexibility index (Phi) is 4.99. The average molecular weight is 340 g/mol. The van der Waals surface area contributed by atoms with Gasteiger partial charge in [0.2, 0.25) is 0 Å². The SMILES string of the molecule is CC(C)C1CN(C)CCN1C(=O)c1ccc(-c2ccncc2)[nH]c1=O. The van der Waals surface area contributed by atoms with E-state index in [1.807, 2.05) is 17.0 Å². The summed E-state index contributed by atoms with van der Waals surface area (Å²) in [5.74, 6) is 0.149. The smallest absolute Gasteiger partial charge is 0.261 e. The van der Waals surface area contributed by atoms with Gasteiger partial charge in [-0.1, -0.05) is 13.8 Å². The fourth-order valence-corrected chi connectivity index (χ4v) is 3.27. The molecule has 1 N–H and O–H groups in total. The van der Waals surface area contributed by atoms with E-state index in [0.29, 0.717) is 18.2 Å². The fraction of sp³-hybridized carbons (Fsp3) is 0.421. The number of H-pyrrole nitrogens is 1. The largest absolute Gasteiger partial charge is 0.333 e. The quantitative estimate of drug-likeness (QED) is 0.926. The fourth-order valence-electron chi connectivity index (χ4n) is 3.27. The molecule has 0 aromatic carbocycles. The minimum absolute atomic E-state index is 0.116. The first-order chi connectivity index (χ1) is 12.0. The van der Waals surface area contributed by atoms with Crippen LogP contribution >= 0.6 is 0 Å². The lowest BCUT2D eigenvalue weighted by Crippen LogP contribution is -2.56. The van der Waals surface area contributed by atoms with E-state index >= 15 is 0 Å². The molecule has 3 rings (SSSR count). The lowest BCUT2D eigenvalue weighted by Gasteiger charge is -2.42. The van der Waals surface area contributed by atoms with Gasteiger partial charge in [0.15, 0.2) is 0 Å². The van der Waals surface area contributed by atoms with E-state index in [4.69, 9.17) is 0 Å². The summed E-state index contributed by atoms with van der Waals surface area (Å²) in [5.41, 5.74) is 1.40. The number of pyridine rings is 2. The topological polar surface area (TPSA) is 69.3 Å². The van der Waals surface area contributed by atoms with E-state index in [9.17, 15) is 9.59 Å². The van der Waals surface area contributed by atoms with Crippen molar-refractivity contribution in [1.29, 1.82) is 0 Å². The Morgan fingerprint density at radius 1 is 1.20 bits per heavy atom. The Labute approximate surface area is 147 Å². The molecule has 0 aliphatic carbocycles. The van der Waals surface area contributed by atoms with Crippen molar-refractivity contribution in [1.82, 2.24) is 19.8 Å². The molecule has 2 aromatic heterocycles. The Bertz CT molecular complexity index is 801. The number of hydrogen-bond acceptors (Lipinski definition) is 4. The zero-order valence-corrected chi connectivity index (χ0v) is 14.9. The molecule has 1 amide bonds. The molecule has 1 unspecified atom stereocenters. The Hall–Kier alpha value is -2.47. The Morgan fingerprint density at radius 2 is 1.92 bits per heavy atom. The average Bonchev–Trinajstić information content (AvgIpc) is 2.61. The summed E-state index contributed by atoms with van der Waals surface area (Å²) in [7, 11) is 2.06. The van der Waals surface area contributed by atoms with Gasteiger partial charge >= 0.3 is 0 Å². The maximum atomic E-state index is 13.0. The number of nitrogens with zero attached hydrogens (tertiary/aromatic N) is 3. The minimum Gasteiger partial charge on any atom is -0.333 e. The van der Waals surface area contributed by atoms with Crippen LogP contribution in [0.1, 0.15) is 24.2 Å². The summed E-state index contributed by atoms with van der Waals surface area (Å²) < 4.78 is 0. The van der Waals surface area contributed by atoms with Crippen molar-refractivity contribution in [2.75, 3.05) is 26.7 Å². The number of carbonyl (C=O) groups excluding carboxylic acids is 1. The Balaban J connectivity index is 1.88. The van der Waals surface area contributed by atoms with Crippen molar-refractivity contribution >= 4 is 5.91 Å². The number of hydrogen-bond donors (Lipinski definition) is 1. The summed E-state index contributed by atoms with van der Waals surface area (Å²) in [6.07, 6.45) is 3.34. The standard InChI is InChI=1S/C19H24N4O2/c1-13(2)17-12-22(3)10-11-23(17)19(25)15-4-5-16(21-18(15)24)14-6-8-20-9-7-14/h4-9,13,17H,10-12H2,1-3H3,(H,21,24). The molecule has 132 valence electrons. The van der Waals surface area contributed by atoms with Crippen LogP contribution in [0.2, 0.25) is 0 Å². The summed E-state index contributed by atoms with van der Waals surface area (Å²) in [6.45, 7) is 6.52. The third kappa shape index (κ3) is 3.64. The van der Waals surface area contributed by atoms with Gasteiger partial charge in [0, 0.05) is 49.3 Å². The van der Waals surface area contributed by atoms with Crippen LogP contribution in [0.5, 0.6) is 0 Å². The second kappa shape index (κ2) is 7.19. The van der Waals surface area contributed by atoms with E-state index in [-0.39, 0.29) is 23.1 Å². The van der Waals surface area contributed by atoms with Gasteiger partial charge in [-0.3, -0.25) is 14.6 Å². The number of piperazine rings is 1. The molecule has 0 radical (unpaired) electrons. The van der Waals surface area contributed by atoms with Gasteiger partial charge < -0.3 is 14.8 Å². The van der Waals surface area contributed by atoms with Crippen molar-refractivity contribution in [2.24, 2.45) is 5.92 Å². The molecule has 1 aliphatic rings. The first kappa shape index (κ1) is 17.4. The summed E-state index contributed by atoms with van der Waals surface area (Å²) >= 11 is 0. The van der Waals surface area contributed by atoms with Crippen LogP contribution in [0.4, 0.5) is 0 Å². The summed E-state index contributed by atoms with van der Waals surface area (Å²) in [6, 6.07) is 7.17. The summed E-state index contributed by atoms with van der Waals surface area (Å²) in [5, 5.41) is 0. The molecule has 1 fully saturated rings. The number of carbonyl (C=O) groups is 1. The number of amides is 1. The highest BCUT2D eigenvalue weighted by Crippen LogP contribution is 2.19. The minimum atomic E-state index is -0.347. The van der Waals surface area contributed by atoms with Gasteiger partial charge in [0.05, 0.1) is 0 Å². The van der Waals surface area contributed by atoms with Crippen molar-refractivity contribution in [2.45, 2.75) is 19.9 Å². The highest BCUT2D eigenvalue weighted by atomic mass is 16.2.